The predicted molar refractivity (Wildman–Crippen MR) is 76.2 cm³/mol. The summed E-state index contributed by atoms with van der Waals surface area (Å²) in [4.78, 5) is 7.01. The lowest BCUT2D eigenvalue weighted by molar-refractivity contribution is 0.167. The molecule has 1 fully saturated rings. The van der Waals surface area contributed by atoms with E-state index in [9.17, 15) is 0 Å². The van der Waals surface area contributed by atoms with E-state index in [1.807, 2.05) is 18.3 Å². The lowest BCUT2D eigenvalue weighted by Crippen LogP contribution is -2.36. The zero-order valence-electron chi connectivity index (χ0n) is 11.6. The number of hydrogen-bond donors (Lipinski definition) is 1. The fourth-order valence-electron chi connectivity index (χ4n) is 2.86. The van der Waals surface area contributed by atoms with Crippen molar-refractivity contribution in [3.8, 4) is 0 Å². The summed E-state index contributed by atoms with van der Waals surface area (Å²) in [5.74, 6) is 0.690. The summed E-state index contributed by atoms with van der Waals surface area (Å²) >= 11 is 0. The Morgan fingerprint density at radius 3 is 2.72 bits per heavy atom. The fourth-order valence-corrected chi connectivity index (χ4v) is 2.86. The molecule has 1 aromatic rings. The van der Waals surface area contributed by atoms with E-state index in [0.717, 1.165) is 30.5 Å². The standard InChI is InChI=1S/C15H25N3/c1-12(2)10-18(13-6-3-4-7-13)11-15-14(16)8-5-9-17-15/h5,8-9,12-13H,3-4,6-7,10-11,16H2,1-2H3. The molecule has 18 heavy (non-hydrogen) atoms. The summed E-state index contributed by atoms with van der Waals surface area (Å²) in [6, 6.07) is 4.58. The maximum atomic E-state index is 6.01. The molecular formula is C15H25N3. The topological polar surface area (TPSA) is 42.2 Å². The molecule has 0 radical (unpaired) electrons. The van der Waals surface area contributed by atoms with Gasteiger partial charge in [-0.05, 0) is 30.9 Å². The molecule has 0 saturated heterocycles. The van der Waals surface area contributed by atoms with Gasteiger partial charge in [-0.2, -0.15) is 0 Å². The number of nitrogen functional groups attached to an aromatic ring is 1. The van der Waals surface area contributed by atoms with Crippen LogP contribution >= 0.6 is 0 Å². The third-order valence-corrected chi connectivity index (χ3v) is 3.72. The van der Waals surface area contributed by atoms with Gasteiger partial charge in [-0.1, -0.05) is 26.7 Å². The molecule has 1 saturated carbocycles. The molecule has 0 atom stereocenters. The monoisotopic (exact) mass is 247 g/mol. The molecule has 0 spiro atoms. The number of anilines is 1. The van der Waals surface area contributed by atoms with Gasteiger partial charge >= 0.3 is 0 Å². The maximum Gasteiger partial charge on any atom is 0.0772 e. The number of aromatic nitrogens is 1. The van der Waals surface area contributed by atoms with Crippen molar-refractivity contribution in [1.82, 2.24) is 9.88 Å². The van der Waals surface area contributed by atoms with Gasteiger partial charge in [-0.15, -0.1) is 0 Å². The van der Waals surface area contributed by atoms with Gasteiger partial charge in [0.1, 0.15) is 0 Å². The minimum Gasteiger partial charge on any atom is -0.397 e. The largest absolute Gasteiger partial charge is 0.397 e. The van der Waals surface area contributed by atoms with Crippen molar-refractivity contribution in [2.24, 2.45) is 5.92 Å². The van der Waals surface area contributed by atoms with Gasteiger partial charge in [0, 0.05) is 25.3 Å². The first-order chi connectivity index (χ1) is 8.66. The molecule has 3 heteroatoms. The zero-order valence-corrected chi connectivity index (χ0v) is 11.6. The Morgan fingerprint density at radius 2 is 2.11 bits per heavy atom. The van der Waals surface area contributed by atoms with Crippen LogP contribution in [0.15, 0.2) is 18.3 Å². The molecule has 1 aliphatic rings. The van der Waals surface area contributed by atoms with Crippen LogP contribution in [-0.4, -0.2) is 22.5 Å². The fraction of sp³-hybridized carbons (Fsp3) is 0.667. The molecule has 3 nitrogen and oxygen atoms in total. The molecule has 0 amide bonds. The molecule has 0 aliphatic heterocycles. The van der Waals surface area contributed by atoms with Gasteiger partial charge in [0.15, 0.2) is 0 Å². The van der Waals surface area contributed by atoms with Gasteiger partial charge < -0.3 is 5.73 Å². The van der Waals surface area contributed by atoms with Crippen LogP contribution < -0.4 is 5.73 Å². The van der Waals surface area contributed by atoms with Crippen LogP contribution in [0.3, 0.4) is 0 Å². The smallest absolute Gasteiger partial charge is 0.0772 e. The molecule has 2 rings (SSSR count). The van der Waals surface area contributed by atoms with Crippen molar-refractivity contribution in [1.29, 1.82) is 0 Å². The molecule has 2 N–H and O–H groups in total. The number of pyridine rings is 1. The second kappa shape index (κ2) is 6.19. The van der Waals surface area contributed by atoms with Gasteiger partial charge in [0.2, 0.25) is 0 Å². The highest BCUT2D eigenvalue weighted by Crippen LogP contribution is 2.26. The molecule has 0 aromatic carbocycles. The van der Waals surface area contributed by atoms with Crippen LogP contribution in [0.5, 0.6) is 0 Å². The molecule has 0 unspecified atom stereocenters. The summed E-state index contributed by atoms with van der Waals surface area (Å²) in [6.07, 6.45) is 7.25. The van der Waals surface area contributed by atoms with E-state index in [1.54, 1.807) is 0 Å². The average molecular weight is 247 g/mol. The summed E-state index contributed by atoms with van der Waals surface area (Å²) < 4.78 is 0. The van der Waals surface area contributed by atoms with Crippen LogP contribution in [0, 0.1) is 5.92 Å². The van der Waals surface area contributed by atoms with Crippen LogP contribution in [-0.2, 0) is 6.54 Å². The highest BCUT2D eigenvalue weighted by Gasteiger charge is 2.23. The minimum absolute atomic E-state index is 0.690. The summed E-state index contributed by atoms with van der Waals surface area (Å²) in [6.45, 7) is 6.60. The first-order valence-electron chi connectivity index (χ1n) is 7.10. The Labute approximate surface area is 110 Å². The Kier molecular flexibility index (Phi) is 4.59. The SMILES string of the molecule is CC(C)CN(Cc1ncccc1N)C1CCCC1. The molecule has 1 aliphatic carbocycles. The predicted octanol–water partition coefficient (Wildman–Crippen LogP) is 3.06. The van der Waals surface area contributed by atoms with Crippen molar-refractivity contribution in [3.63, 3.8) is 0 Å². The van der Waals surface area contributed by atoms with Gasteiger partial charge in [-0.25, -0.2) is 0 Å². The lowest BCUT2D eigenvalue weighted by Gasteiger charge is -2.30. The minimum atomic E-state index is 0.690. The highest BCUT2D eigenvalue weighted by molar-refractivity contribution is 5.41. The van der Waals surface area contributed by atoms with Crippen molar-refractivity contribution >= 4 is 5.69 Å². The van der Waals surface area contributed by atoms with Gasteiger partial charge in [0.25, 0.3) is 0 Å². The number of hydrogen-bond acceptors (Lipinski definition) is 3. The van der Waals surface area contributed by atoms with E-state index in [1.165, 1.54) is 25.7 Å². The molecular weight excluding hydrogens is 222 g/mol. The Balaban J connectivity index is 2.06. The highest BCUT2D eigenvalue weighted by atomic mass is 15.2. The van der Waals surface area contributed by atoms with Gasteiger partial charge in [0.05, 0.1) is 11.4 Å². The van der Waals surface area contributed by atoms with E-state index >= 15 is 0 Å². The van der Waals surface area contributed by atoms with Crippen molar-refractivity contribution in [2.45, 2.75) is 52.1 Å². The molecule has 0 bridgehead atoms. The third-order valence-electron chi connectivity index (χ3n) is 3.72. The normalized spacial score (nSPS) is 16.9. The summed E-state index contributed by atoms with van der Waals surface area (Å²) in [5, 5.41) is 0. The van der Waals surface area contributed by atoms with Crippen molar-refractivity contribution in [3.05, 3.63) is 24.0 Å². The Hall–Kier alpha value is -1.09. The molecule has 100 valence electrons. The third kappa shape index (κ3) is 3.45. The van der Waals surface area contributed by atoms with Crippen molar-refractivity contribution in [2.75, 3.05) is 12.3 Å². The van der Waals surface area contributed by atoms with Gasteiger partial charge in [-0.3, -0.25) is 9.88 Å². The van der Waals surface area contributed by atoms with E-state index in [2.05, 4.69) is 23.7 Å². The second-order valence-electron chi connectivity index (χ2n) is 5.80. The summed E-state index contributed by atoms with van der Waals surface area (Å²) in [7, 11) is 0. The second-order valence-corrected chi connectivity index (χ2v) is 5.80. The Morgan fingerprint density at radius 1 is 1.39 bits per heavy atom. The molecule has 1 aromatic heterocycles. The summed E-state index contributed by atoms with van der Waals surface area (Å²) in [5.41, 5.74) is 7.87. The van der Waals surface area contributed by atoms with E-state index < -0.39 is 0 Å². The molecule has 1 heterocycles. The quantitative estimate of drug-likeness (QED) is 0.869. The number of nitrogens with zero attached hydrogens (tertiary/aromatic N) is 2. The average Bonchev–Trinajstić information content (AvgIpc) is 2.84. The maximum absolute atomic E-state index is 6.01. The van der Waals surface area contributed by atoms with Crippen LogP contribution in [0.25, 0.3) is 0 Å². The van der Waals surface area contributed by atoms with E-state index in [0.29, 0.717) is 5.92 Å². The van der Waals surface area contributed by atoms with E-state index in [4.69, 9.17) is 5.73 Å². The first kappa shape index (κ1) is 13.3. The van der Waals surface area contributed by atoms with Crippen molar-refractivity contribution < 1.29 is 0 Å². The zero-order chi connectivity index (χ0) is 13.0. The first-order valence-corrected chi connectivity index (χ1v) is 7.10. The van der Waals surface area contributed by atoms with Crippen LogP contribution in [0.4, 0.5) is 5.69 Å². The Bertz CT molecular complexity index is 370. The van der Waals surface area contributed by atoms with E-state index in [-0.39, 0.29) is 0 Å². The lowest BCUT2D eigenvalue weighted by atomic mass is 10.1. The van der Waals surface area contributed by atoms with Crippen LogP contribution in [0.1, 0.15) is 45.2 Å². The number of nitrogens with two attached hydrogens (primary N) is 1. The van der Waals surface area contributed by atoms with Crippen LogP contribution in [0.2, 0.25) is 0 Å². The number of rotatable bonds is 5.